The first-order valence-corrected chi connectivity index (χ1v) is 12.3. The van der Waals surface area contributed by atoms with Crippen LogP contribution in [0.1, 0.15) is 28.8 Å². The summed E-state index contributed by atoms with van der Waals surface area (Å²) in [4.78, 5) is 13.1. The third-order valence-corrected chi connectivity index (χ3v) is 7.77. The number of carbonyl (C=O) groups is 1. The van der Waals surface area contributed by atoms with Gasteiger partial charge in [-0.3, -0.25) is 4.79 Å². The number of fused-ring (bicyclic) bond motifs is 1. The normalized spacial score (nSPS) is 14.5. The number of hydrogen-bond acceptors (Lipinski definition) is 5. The van der Waals surface area contributed by atoms with Gasteiger partial charge in [0.25, 0.3) is 5.91 Å². The average molecular weight is 462 g/mol. The molecule has 1 saturated heterocycles. The average Bonchev–Trinajstić information content (AvgIpc) is 3.54. The van der Waals surface area contributed by atoms with Gasteiger partial charge in [-0.15, -0.1) is 0 Å². The van der Waals surface area contributed by atoms with Crippen LogP contribution < -0.4 is 5.32 Å². The fourth-order valence-electron chi connectivity index (χ4n) is 4.02. The smallest absolute Gasteiger partial charge is 0.251 e. The summed E-state index contributed by atoms with van der Waals surface area (Å²) in [6, 6.07) is 21.5. The van der Waals surface area contributed by atoms with Gasteiger partial charge in [-0.25, -0.2) is 8.42 Å². The quantitative estimate of drug-likeness (QED) is 0.464. The van der Waals surface area contributed by atoms with Gasteiger partial charge in [0.1, 0.15) is 5.52 Å². The van der Waals surface area contributed by atoms with Crippen LogP contribution in [0.2, 0.25) is 0 Å². The molecule has 8 heteroatoms. The number of carbonyl (C=O) groups excluding carboxylic acids is 1. The molecular formula is C25H23N3O4S. The van der Waals surface area contributed by atoms with Crippen LogP contribution in [0.4, 0.5) is 0 Å². The van der Waals surface area contributed by atoms with E-state index in [0.717, 1.165) is 29.4 Å². The van der Waals surface area contributed by atoms with Crippen LogP contribution in [0.15, 0.2) is 82.2 Å². The lowest BCUT2D eigenvalue weighted by molar-refractivity contribution is 0.0951. The second kappa shape index (κ2) is 8.80. The Morgan fingerprint density at radius 2 is 1.70 bits per heavy atom. The highest BCUT2D eigenvalue weighted by molar-refractivity contribution is 7.89. The third kappa shape index (κ3) is 4.27. The summed E-state index contributed by atoms with van der Waals surface area (Å²) in [5, 5.41) is 7.75. The largest absolute Gasteiger partial charge is 0.355 e. The fourth-order valence-corrected chi connectivity index (χ4v) is 5.54. The highest BCUT2D eigenvalue weighted by Crippen LogP contribution is 2.29. The van der Waals surface area contributed by atoms with Crippen molar-refractivity contribution in [1.82, 2.24) is 14.8 Å². The van der Waals surface area contributed by atoms with Gasteiger partial charge < -0.3 is 9.84 Å². The number of nitrogens with zero attached hydrogens (tertiary/aromatic N) is 2. The fraction of sp³-hybridized carbons (Fsp3) is 0.200. The lowest BCUT2D eigenvalue weighted by Gasteiger charge is -2.15. The number of nitrogens with one attached hydrogen (secondary N) is 1. The molecule has 7 nitrogen and oxygen atoms in total. The molecule has 0 unspecified atom stereocenters. The first kappa shape index (κ1) is 21.4. The molecule has 0 aliphatic carbocycles. The van der Waals surface area contributed by atoms with E-state index in [9.17, 15) is 13.2 Å². The monoisotopic (exact) mass is 461 g/mol. The predicted molar refractivity (Wildman–Crippen MR) is 125 cm³/mol. The standard InChI is InChI=1S/C25H23N3O4S/c29-25(20-10-13-23-22(16-20)24(32-27-23)19-6-2-1-3-7-19)26-17-18-8-11-21(12-9-18)33(30,31)28-14-4-5-15-28/h1-3,6-13,16H,4-5,14-15,17H2,(H,26,29). The molecule has 0 bridgehead atoms. The SMILES string of the molecule is O=C(NCc1ccc(S(=O)(=O)N2CCCC2)cc1)c1ccc2noc(-c3ccccc3)c2c1. The number of amides is 1. The van der Waals surface area contributed by atoms with Gasteiger partial charge in [-0.1, -0.05) is 47.6 Å². The van der Waals surface area contributed by atoms with Crippen LogP contribution in [0, 0.1) is 0 Å². The van der Waals surface area contributed by atoms with Crippen molar-refractivity contribution in [1.29, 1.82) is 0 Å². The van der Waals surface area contributed by atoms with Gasteiger partial charge in [-0.05, 0) is 48.7 Å². The molecule has 33 heavy (non-hydrogen) atoms. The molecule has 0 radical (unpaired) electrons. The van der Waals surface area contributed by atoms with E-state index in [1.807, 2.05) is 30.3 Å². The Morgan fingerprint density at radius 3 is 2.42 bits per heavy atom. The Bertz CT molecular complexity index is 1390. The summed E-state index contributed by atoms with van der Waals surface area (Å²) in [6.45, 7) is 1.43. The molecule has 1 aliphatic rings. The number of rotatable bonds is 6. The van der Waals surface area contributed by atoms with Crippen molar-refractivity contribution >= 4 is 26.8 Å². The Kier molecular flexibility index (Phi) is 5.70. The first-order valence-electron chi connectivity index (χ1n) is 10.8. The van der Waals surface area contributed by atoms with E-state index in [-0.39, 0.29) is 17.3 Å². The summed E-state index contributed by atoms with van der Waals surface area (Å²) in [5.74, 6) is 0.390. The summed E-state index contributed by atoms with van der Waals surface area (Å²) < 4.78 is 32.3. The molecule has 1 aromatic heterocycles. The van der Waals surface area contributed by atoms with Gasteiger partial charge in [0.2, 0.25) is 10.0 Å². The van der Waals surface area contributed by atoms with Crippen molar-refractivity contribution in [2.24, 2.45) is 0 Å². The van der Waals surface area contributed by atoms with Crippen LogP contribution in [0.3, 0.4) is 0 Å². The van der Waals surface area contributed by atoms with E-state index in [4.69, 9.17) is 4.52 Å². The molecule has 1 N–H and O–H groups in total. The van der Waals surface area contributed by atoms with Gasteiger partial charge in [0, 0.05) is 30.8 Å². The molecule has 5 rings (SSSR count). The lowest BCUT2D eigenvalue weighted by atomic mass is 10.1. The number of hydrogen-bond donors (Lipinski definition) is 1. The maximum atomic E-state index is 12.8. The zero-order valence-corrected chi connectivity index (χ0v) is 18.7. The minimum atomic E-state index is -3.44. The molecule has 1 fully saturated rings. The van der Waals surface area contributed by atoms with Crippen molar-refractivity contribution in [3.8, 4) is 11.3 Å². The summed E-state index contributed by atoms with van der Waals surface area (Å²) in [6.07, 6.45) is 1.80. The molecular weight excluding hydrogens is 438 g/mol. The summed E-state index contributed by atoms with van der Waals surface area (Å²) in [7, 11) is -3.44. The van der Waals surface area contributed by atoms with Crippen molar-refractivity contribution in [3.05, 3.63) is 83.9 Å². The first-order chi connectivity index (χ1) is 16.0. The minimum Gasteiger partial charge on any atom is -0.355 e. The molecule has 4 aromatic rings. The summed E-state index contributed by atoms with van der Waals surface area (Å²) in [5.41, 5.74) is 2.89. The van der Waals surface area contributed by atoms with E-state index in [1.54, 1.807) is 42.5 Å². The maximum absolute atomic E-state index is 12.8. The third-order valence-electron chi connectivity index (χ3n) is 5.85. The lowest BCUT2D eigenvalue weighted by Crippen LogP contribution is -2.28. The molecule has 0 atom stereocenters. The van der Waals surface area contributed by atoms with E-state index in [1.165, 1.54) is 4.31 Å². The Labute approximate surface area is 192 Å². The van der Waals surface area contributed by atoms with Gasteiger partial charge in [0.05, 0.1) is 10.3 Å². The topological polar surface area (TPSA) is 92.5 Å². The van der Waals surface area contributed by atoms with Crippen molar-refractivity contribution in [2.75, 3.05) is 13.1 Å². The Morgan fingerprint density at radius 1 is 0.970 bits per heavy atom. The van der Waals surface area contributed by atoms with Crippen molar-refractivity contribution in [3.63, 3.8) is 0 Å². The number of benzene rings is 3. The van der Waals surface area contributed by atoms with Gasteiger partial charge in [-0.2, -0.15) is 4.31 Å². The Hall–Kier alpha value is -3.49. The molecule has 0 spiro atoms. The molecule has 2 heterocycles. The van der Waals surface area contributed by atoms with Gasteiger partial charge >= 0.3 is 0 Å². The van der Waals surface area contributed by atoms with Crippen LogP contribution in [-0.4, -0.2) is 36.9 Å². The highest BCUT2D eigenvalue weighted by Gasteiger charge is 2.26. The zero-order chi connectivity index (χ0) is 22.8. The Balaban J connectivity index is 1.29. The molecule has 0 saturated carbocycles. The highest BCUT2D eigenvalue weighted by atomic mass is 32.2. The minimum absolute atomic E-state index is 0.231. The van der Waals surface area contributed by atoms with E-state index in [2.05, 4.69) is 10.5 Å². The van der Waals surface area contributed by atoms with Crippen LogP contribution in [-0.2, 0) is 16.6 Å². The van der Waals surface area contributed by atoms with Gasteiger partial charge in [0.15, 0.2) is 5.76 Å². The molecule has 3 aromatic carbocycles. The van der Waals surface area contributed by atoms with E-state index in [0.29, 0.717) is 29.9 Å². The second-order valence-corrected chi connectivity index (χ2v) is 9.99. The molecule has 1 aliphatic heterocycles. The number of sulfonamides is 1. The van der Waals surface area contributed by atoms with E-state index >= 15 is 0 Å². The second-order valence-electron chi connectivity index (χ2n) is 8.05. The van der Waals surface area contributed by atoms with Crippen LogP contribution in [0.5, 0.6) is 0 Å². The molecule has 168 valence electrons. The van der Waals surface area contributed by atoms with E-state index < -0.39 is 10.0 Å². The maximum Gasteiger partial charge on any atom is 0.251 e. The number of aromatic nitrogens is 1. The van der Waals surface area contributed by atoms with Crippen molar-refractivity contribution in [2.45, 2.75) is 24.3 Å². The zero-order valence-electron chi connectivity index (χ0n) is 17.9. The molecule has 1 amide bonds. The summed E-state index contributed by atoms with van der Waals surface area (Å²) >= 11 is 0. The predicted octanol–water partition coefficient (Wildman–Crippen LogP) is 4.21. The van der Waals surface area contributed by atoms with Crippen LogP contribution in [0.25, 0.3) is 22.2 Å². The van der Waals surface area contributed by atoms with Crippen LogP contribution >= 0.6 is 0 Å². The van der Waals surface area contributed by atoms with Crippen molar-refractivity contribution < 1.29 is 17.7 Å².